The fourth-order valence-electron chi connectivity index (χ4n) is 1.58. The number of benzene rings is 1. The van der Waals surface area contributed by atoms with Gasteiger partial charge in [0.15, 0.2) is 11.5 Å². The van der Waals surface area contributed by atoms with Crippen LogP contribution in [0.5, 0.6) is 11.5 Å². The van der Waals surface area contributed by atoms with Crippen molar-refractivity contribution < 1.29 is 19.7 Å². The lowest BCUT2D eigenvalue weighted by Gasteiger charge is -2.02. The molecule has 1 aliphatic rings. The molecule has 0 bridgehead atoms. The van der Waals surface area contributed by atoms with E-state index < -0.39 is 0 Å². The summed E-state index contributed by atoms with van der Waals surface area (Å²) in [6.07, 6.45) is 2.32. The van der Waals surface area contributed by atoms with Crippen molar-refractivity contribution >= 4 is 6.08 Å². The lowest BCUT2D eigenvalue weighted by atomic mass is 10.1. The topological polar surface area (TPSA) is 58.9 Å². The second-order valence-electron chi connectivity index (χ2n) is 3.55. The van der Waals surface area contributed by atoms with Crippen molar-refractivity contribution in [2.75, 3.05) is 20.0 Å². The maximum Gasteiger partial charge on any atom is 0.231 e. The van der Waals surface area contributed by atoms with Crippen molar-refractivity contribution in [3.8, 4) is 11.5 Å². The number of hydrogen-bond acceptors (Lipinski definition) is 4. The van der Waals surface area contributed by atoms with E-state index in [4.69, 9.17) is 19.7 Å². The van der Waals surface area contributed by atoms with Crippen LogP contribution in [0.4, 0.5) is 0 Å². The Labute approximate surface area is 93.7 Å². The Kier molecular flexibility index (Phi) is 3.44. The Morgan fingerprint density at radius 2 is 2.06 bits per heavy atom. The lowest BCUT2D eigenvalue weighted by Crippen LogP contribution is -1.94. The van der Waals surface area contributed by atoms with Gasteiger partial charge in [-0.1, -0.05) is 12.1 Å². The van der Waals surface area contributed by atoms with Crippen molar-refractivity contribution in [2.24, 2.45) is 0 Å². The quantitative estimate of drug-likeness (QED) is 0.803. The lowest BCUT2D eigenvalue weighted by molar-refractivity contribution is 0.174. The first-order chi connectivity index (χ1) is 7.83. The fourth-order valence-corrected chi connectivity index (χ4v) is 1.58. The average molecular weight is 222 g/mol. The minimum atomic E-state index is -0.0466. The third-order valence-corrected chi connectivity index (χ3v) is 2.40. The van der Waals surface area contributed by atoms with Crippen LogP contribution in [-0.2, 0) is 0 Å². The highest BCUT2D eigenvalue weighted by atomic mass is 16.7. The Morgan fingerprint density at radius 3 is 2.81 bits per heavy atom. The van der Waals surface area contributed by atoms with E-state index in [1.54, 1.807) is 0 Å². The van der Waals surface area contributed by atoms with Gasteiger partial charge in [-0.05, 0) is 29.7 Å². The molecule has 0 fully saturated rings. The van der Waals surface area contributed by atoms with Crippen LogP contribution in [0.15, 0.2) is 23.8 Å². The molecule has 2 rings (SSSR count). The number of fused-ring (bicyclic) bond motifs is 1. The van der Waals surface area contributed by atoms with Crippen LogP contribution in [0.25, 0.3) is 6.08 Å². The molecule has 2 N–H and O–H groups in total. The van der Waals surface area contributed by atoms with Gasteiger partial charge < -0.3 is 19.7 Å². The summed E-state index contributed by atoms with van der Waals surface area (Å²) < 4.78 is 10.5. The highest BCUT2D eigenvalue weighted by molar-refractivity contribution is 5.58. The molecule has 1 aromatic carbocycles. The van der Waals surface area contributed by atoms with Gasteiger partial charge in [0.05, 0.1) is 6.61 Å². The summed E-state index contributed by atoms with van der Waals surface area (Å²) >= 11 is 0. The first kappa shape index (κ1) is 11.0. The number of ether oxygens (including phenoxy) is 2. The molecule has 1 heterocycles. The molecule has 0 saturated carbocycles. The molecule has 0 aromatic heterocycles. The highest BCUT2D eigenvalue weighted by Gasteiger charge is 2.12. The molecular weight excluding hydrogens is 208 g/mol. The SMILES string of the molecule is OCC/C(=C/c1ccc2c(c1)OCO2)CO. The summed E-state index contributed by atoms with van der Waals surface area (Å²) in [5, 5.41) is 17.9. The minimum absolute atomic E-state index is 0.0386. The largest absolute Gasteiger partial charge is 0.454 e. The Hall–Kier alpha value is -1.52. The number of hydrogen-bond donors (Lipinski definition) is 2. The van der Waals surface area contributed by atoms with Gasteiger partial charge in [0.1, 0.15) is 0 Å². The second-order valence-corrected chi connectivity index (χ2v) is 3.55. The molecular formula is C12H14O4. The predicted molar refractivity (Wildman–Crippen MR) is 59.3 cm³/mol. The minimum Gasteiger partial charge on any atom is -0.454 e. The van der Waals surface area contributed by atoms with Crippen LogP contribution in [0.3, 0.4) is 0 Å². The van der Waals surface area contributed by atoms with Crippen molar-refractivity contribution in [1.29, 1.82) is 0 Å². The maximum absolute atomic E-state index is 9.08. The van der Waals surface area contributed by atoms with Gasteiger partial charge in [0.2, 0.25) is 6.79 Å². The number of aliphatic hydroxyl groups excluding tert-OH is 2. The summed E-state index contributed by atoms with van der Waals surface area (Å²) in [5.74, 6) is 1.46. The predicted octanol–water partition coefficient (Wildman–Crippen LogP) is 1.17. The van der Waals surface area contributed by atoms with Crippen molar-refractivity contribution in [3.63, 3.8) is 0 Å². The summed E-state index contributed by atoms with van der Waals surface area (Å²) in [4.78, 5) is 0. The molecule has 4 nitrogen and oxygen atoms in total. The second kappa shape index (κ2) is 5.01. The third kappa shape index (κ3) is 2.35. The summed E-state index contributed by atoms with van der Waals surface area (Å²) in [5.41, 5.74) is 1.73. The van der Waals surface area contributed by atoms with E-state index in [9.17, 15) is 0 Å². The van der Waals surface area contributed by atoms with Crippen LogP contribution in [0, 0.1) is 0 Å². The molecule has 0 radical (unpaired) electrons. The van der Waals surface area contributed by atoms with Gasteiger partial charge >= 0.3 is 0 Å². The summed E-state index contributed by atoms with van der Waals surface area (Å²) in [6, 6.07) is 5.58. The van der Waals surface area contributed by atoms with Gasteiger partial charge in [-0.15, -0.1) is 0 Å². The van der Waals surface area contributed by atoms with Crippen LogP contribution in [-0.4, -0.2) is 30.2 Å². The number of rotatable bonds is 4. The van der Waals surface area contributed by atoms with Crippen LogP contribution in [0.2, 0.25) is 0 Å². The van der Waals surface area contributed by atoms with Gasteiger partial charge in [0, 0.05) is 6.61 Å². The Balaban J connectivity index is 2.20. The molecule has 1 aromatic rings. The summed E-state index contributed by atoms with van der Waals surface area (Å²) in [7, 11) is 0. The van der Waals surface area contributed by atoms with Gasteiger partial charge in [0.25, 0.3) is 0 Å². The first-order valence-electron chi connectivity index (χ1n) is 5.14. The van der Waals surface area contributed by atoms with Gasteiger partial charge in [-0.3, -0.25) is 0 Å². The molecule has 0 unspecified atom stereocenters. The Bertz CT molecular complexity index is 398. The zero-order valence-corrected chi connectivity index (χ0v) is 8.85. The fraction of sp³-hybridized carbons (Fsp3) is 0.333. The van der Waals surface area contributed by atoms with Crippen molar-refractivity contribution in [1.82, 2.24) is 0 Å². The molecule has 86 valence electrons. The van der Waals surface area contributed by atoms with E-state index in [1.165, 1.54) is 0 Å². The van der Waals surface area contributed by atoms with E-state index in [0.29, 0.717) is 6.42 Å². The zero-order chi connectivity index (χ0) is 11.4. The molecule has 0 saturated heterocycles. The average Bonchev–Trinajstić information content (AvgIpc) is 2.75. The zero-order valence-electron chi connectivity index (χ0n) is 8.85. The third-order valence-electron chi connectivity index (χ3n) is 2.40. The van der Waals surface area contributed by atoms with E-state index in [2.05, 4.69) is 0 Å². The van der Waals surface area contributed by atoms with Crippen LogP contribution in [0.1, 0.15) is 12.0 Å². The van der Waals surface area contributed by atoms with Crippen LogP contribution >= 0.6 is 0 Å². The van der Waals surface area contributed by atoms with Crippen LogP contribution < -0.4 is 9.47 Å². The monoisotopic (exact) mass is 222 g/mol. The summed E-state index contributed by atoms with van der Waals surface area (Å²) in [6.45, 7) is 0.248. The number of aliphatic hydroxyl groups is 2. The van der Waals surface area contributed by atoms with Gasteiger partial charge in [-0.2, -0.15) is 0 Å². The molecule has 16 heavy (non-hydrogen) atoms. The van der Waals surface area contributed by atoms with E-state index in [0.717, 1.165) is 22.6 Å². The molecule has 0 aliphatic carbocycles. The van der Waals surface area contributed by atoms with E-state index >= 15 is 0 Å². The molecule has 1 aliphatic heterocycles. The van der Waals surface area contributed by atoms with Gasteiger partial charge in [-0.25, -0.2) is 0 Å². The van der Waals surface area contributed by atoms with Crippen molar-refractivity contribution in [3.05, 3.63) is 29.3 Å². The maximum atomic E-state index is 9.08. The molecule has 0 atom stereocenters. The van der Waals surface area contributed by atoms with Crippen molar-refractivity contribution in [2.45, 2.75) is 6.42 Å². The molecule has 0 amide bonds. The first-order valence-corrected chi connectivity index (χ1v) is 5.14. The smallest absolute Gasteiger partial charge is 0.231 e. The van der Waals surface area contributed by atoms with E-state index in [-0.39, 0.29) is 20.0 Å². The molecule has 4 heteroatoms. The highest BCUT2D eigenvalue weighted by Crippen LogP contribution is 2.33. The van der Waals surface area contributed by atoms with E-state index in [1.807, 2.05) is 24.3 Å². The Morgan fingerprint density at radius 1 is 1.25 bits per heavy atom. The molecule has 0 spiro atoms. The normalized spacial score (nSPS) is 14.2. The standard InChI is InChI=1S/C12H14O4/c13-4-3-10(7-14)5-9-1-2-11-12(6-9)16-8-15-11/h1-2,5-6,13-14H,3-4,7-8H2/b10-5-.